The molecule has 0 spiro atoms. The lowest BCUT2D eigenvalue weighted by molar-refractivity contribution is -0.275. The summed E-state index contributed by atoms with van der Waals surface area (Å²) in [6.07, 6.45) is -2.95. The zero-order chi connectivity index (χ0) is 12.6. The lowest BCUT2D eigenvalue weighted by Gasteiger charge is -2.16. The summed E-state index contributed by atoms with van der Waals surface area (Å²) in [5.74, 6) is -0.891. The summed E-state index contributed by atoms with van der Waals surface area (Å²) in [6.45, 7) is 0. The van der Waals surface area contributed by atoms with E-state index in [0.29, 0.717) is 5.56 Å². The molecule has 102 valence electrons. The smallest absolute Gasteiger partial charge is 0.504 e. The Kier molecular flexibility index (Phi) is 4.34. The van der Waals surface area contributed by atoms with Gasteiger partial charge in [0.25, 0.3) is 0 Å². The molecule has 7 heteroatoms. The van der Waals surface area contributed by atoms with Crippen LogP contribution in [0, 0.1) is 5.92 Å². The predicted octanol–water partition coefficient (Wildman–Crippen LogP) is 3.12. The quantitative estimate of drug-likeness (QED) is 0.896. The highest BCUT2D eigenvalue weighted by molar-refractivity contribution is 5.85. The van der Waals surface area contributed by atoms with E-state index in [-0.39, 0.29) is 18.3 Å². The van der Waals surface area contributed by atoms with Gasteiger partial charge in [0.05, 0.1) is 0 Å². The molecule has 0 heterocycles. The van der Waals surface area contributed by atoms with Crippen LogP contribution < -0.4 is 10.5 Å². The topological polar surface area (TPSA) is 55.5 Å². The van der Waals surface area contributed by atoms with E-state index in [1.165, 1.54) is 12.1 Å². The number of para-hydroxylation sites is 1. The first-order valence-electron chi connectivity index (χ1n) is 5.21. The molecular formula is C11H13ClF3NO2. The molecule has 0 unspecified atom stereocenters. The highest BCUT2D eigenvalue weighted by Crippen LogP contribution is 2.44. The van der Waals surface area contributed by atoms with Crippen molar-refractivity contribution >= 4 is 12.4 Å². The number of aromatic hydroxyl groups is 1. The highest BCUT2D eigenvalue weighted by atomic mass is 35.5. The fraction of sp³-hybridized carbons (Fsp3) is 0.455. The van der Waals surface area contributed by atoms with Gasteiger partial charge in [-0.1, -0.05) is 12.1 Å². The number of hydrogen-bond donors (Lipinski definition) is 2. The summed E-state index contributed by atoms with van der Waals surface area (Å²) in [7, 11) is 0. The van der Waals surface area contributed by atoms with Crippen LogP contribution in [0.3, 0.4) is 0 Å². The number of phenolic OH excluding ortho intramolecular Hbond substituents is 1. The third kappa shape index (κ3) is 3.43. The molecular weight excluding hydrogens is 271 g/mol. The van der Waals surface area contributed by atoms with Crippen LogP contribution in [0.2, 0.25) is 0 Å². The zero-order valence-electron chi connectivity index (χ0n) is 9.28. The van der Waals surface area contributed by atoms with Gasteiger partial charge in [-0.3, -0.25) is 0 Å². The van der Waals surface area contributed by atoms with Crippen molar-refractivity contribution in [3.8, 4) is 11.5 Å². The molecule has 1 aromatic carbocycles. The summed E-state index contributed by atoms with van der Waals surface area (Å²) >= 11 is 0. The molecule has 0 aliphatic heterocycles. The maximum absolute atomic E-state index is 12.1. The van der Waals surface area contributed by atoms with Gasteiger partial charge in [-0.25, -0.2) is 0 Å². The molecule has 18 heavy (non-hydrogen) atoms. The zero-order valence-corrected chi connectivity index (χ0v) is 10.1. The minimum Gasteiger partial charge on any atom is -0.504 e. The Hall–Kier alpha value is -1.14. The Morgan fingerprint density at radius 1 is 1.33 bits per heavy atom. The lowest BCUT2D eigenvalue weighted by Crippen LogP contribution is -2.18. The van der Waals surface area contributed by atoms with Crippen molar-refractivity contribution in [3.63, 3.8) is 0 Å². The normalized spacial score (nSPS) is 16.9. The number of nitrogens with two attached hydrogens (primary N) is 1. The standard InChI is InChI=1S/C11H12F3NO2.ClH/c12-11(13,14)17-8-3-1-2-7(10(8)16)9(15)6-4-5-6;/h1-3,6,9,16H,4-5,15H2;1H/t9-;/m1./s1. The van der Waals surface area contributed by atoms with Crippen molar-refractivity contribution < 1.29 is 23.0 Å². The van der Waals surface area contributed by atoms with Gasteiger partial charge in [-0.15, -0.1) is 25.6 Å². The number of ether oxygens (including phenoxy) is 1. The second-order valence-corrected chi connectivity index (χ2v) is 4.10. The van der Waals surface area contributed by atoms with Crippen LogP contribution >= 0.6 is 12.4 Å². The van der Waals surface area contributed by atoms with Gasteiger partial charge in [0.1, 0.15) is 0 Å². The number of halogens is 4. The van der Waals surface area contributed by atoms with E-state index in [1.807, 2.05) is 0 Å². The maximum Gasteiger partial charge on any atom is 0.573 e. The summed E-state index contributed by atoms with van der Waals surface area (Å²) < 4.78 is 39.9. The number of alkyl halides is 3. The van der Waals surface area contributed by atoms with Gasteiger partial charge in [0, 0.05) is 11.6 Å². The number of hydrogen-bond acceptors (Lipinski definition) is 3. The van der Waals surface area contributed by atoms with E-state index in [0.717, 1.165) is 18.9 Å². The van der Waals surface area contributed by atoms with E-state index in [4.69, 9.17) is 5.73 Å². The fourth-order valence-corrected chi connectivity index (χ4v) is 1.72. The minimum absolute atomic E-state index is 0. The molecule has 0 amide bonds. The van der Waals surface area contributed by atoms with Crippen molar-refractivity contribution in [2.75, 3.05) is 0 Å². The number of benzene rings is 1. The van der Waals surface area contributed by atoms with E-state index in [9.17, 15) is 18.3 Å². The highest BCUT2D eigenvalue weighted by Gasteiger charge is 2.35. The molecule has 0 bridgehead atoms. The van der Waals surface area contributed by atoms with Crippen LogP contribution in [0.25, 0.3) is 0 Å². The van der Waals surface area contributed by atoms with Crippen LogP contribution in [0.15, 0.2) is 18.2 Å². The first-order chi connectivity index (χ1) is 7.88. The number of rotatable bonds is 3. The van der Waals surface area contributed by atoms with Gasteiger partial charge in [0.15, 0.2) is 11.5 Å². The lowest BCUT2D eigenvalue weighted by atomic mass is 10.0. The minimum atomic E-state index is -4.82. The van der Waals surface area contributed by atoms with Gasteiger partial charge in [-0.2, -0.15) is 0 Å². The first kappa shape index (κ1) is 14.9. The van der Waals surface area contributed by atoms with E-state index >= 15 is 0 Å². The van der Waals surface area contributed by atoms with Crippen molar-refractivity contribution in [1.29, 1.82) is 0 Å². The molecule has 3 N–H and O–H groups in total. The van der Waals surface area contributed by atoms with Crippen molar-refractivity contribution in [2.45, 2.75) is 25.2 Å². The Bertz CT molecular complexity index is 421. The summed E-state index contributed by atoms with van der Waals surface area (Å²) in [6, 6.07) is 3.53. The maximum atomic E-state index is 12.1. The average molecular weight is 284 g/mol. The molecule has 1 fully saturated rings. The Morgan fingerprint density at radius 3 is 2.44 bits per heavy atom. The van der Waals surface area contributed by atoms with Gasteiger partial charge < -0.3 is 15.6 Å². The van der Waals surface area contributed by atoms with Crippen LogP contribution in [-0.4, -0.2) is 11.5 Å². The Balaban J connectivity index is 0.00000162. The van der Waals surface area contributed by atoms with Crippen LogP contribution in [0.5, 0.6) is 11.5 Å². The fourth-order valence-electron chi connectivity index (χ4n) is 1.72. The monoisotopic (exact) mass is 283 g/mol. The van der Waals surface area contributed by atoms with Gasteiger partial charge in [0.2, 0.25) is 0 Å². The second-order valence-electron chi connectivity index (χ2n) is 4.10. The molecule has 3 nitrogen and oxygen atoms in total. The molecule has 0 aromatic heterocycles. The van der Waals surface area contributed by atoms with Gasteiger partial charge >= 0.3 is 6.36 Å². The van der Waals surface area contributed by atoms with E-state index < -0.39 is 23.9 Å². The van der Waals surface area contributed by atoms with Crippen molar-refractivity contribution in [3.05, 3.63) is 23.8 Å². The molecule has 0 saturated heterocycles. The summed E-state index contributed by atoms with van der Waals surface area (Å²) in [5.41, 5.74) is 6.14. The SMILES string of the molecule is Cl.N[C@@H](c1cccc(OC(F)(F)F)c1O)C1CC1. The molecule has 1 saturated carbocycles. The Labute approximate surface area is 108 Å². The van der Waals surface area contributed by atoms with Crippen LogP contribution in [0.4, 0.5) is 13.2 Å². The Morgan fingerprint density at radius 2 is 1.94 bits per heavy atom. The largest absolute Gasteiger partial charge is 0.573 e. The van der Waals surface area contributed by atoms with Crippen LogP contribution in [-0.2, 0) is 0 Å². The third-order valence-corrected chi connectivity index (χ3v) is 2.74. The predicted molar refractivity (Wildman–Crippen MR) is 61.7 cm³/mol. The molecule has 2 rings (SSSR count). The van der Waals surface area contributed by atoms with E-state index in [2.05, 4.69) is 4.74 Å². The second kappa shape index (κ2) is 5.24. The molecule has 1 aromatic rings. The summed E-state index contributed by atoms with van der Waals surface area (Å²) in [5, 5.41) is 9.69. The third-order valence-electron chi connectivity index (χ3n) is 2.74. The van der Waals surface area contributed by atoms with Crippen molar-refractivity contribution in [1.82, 2.24) is 0 Å². The molecule has 1 aliphatic rings. The number of phenols is 1. The first-order valence-corrected chi connectivity index (χ1v) is 5.21. The van der Waals surface area contributed by atoms with Crippen molar-refractivity contribution in [2.24, 2.45) is 11.7 Å². The molecule has 1 atom stereocenters. The molecule has 0 radical (unpaired) electrons. The van der Waals surface area contributed by atoms with Crippen LogP contribution in [0.1, 0.15) is 24.4 Å². The summed E-state index contributed by atoms with van der Waals surface area (Å²) in [4.78, 5) is 0. The van der Waals surface area contributed by atoms with Gasteiger partial charge in [-0.05, 0) is 24.8 Å². The van der Waals surface area contributed by atoms with E-state index in [1.54, 1.807) is 0 Å². The molecule has 1 aliphatic carbocycles. The average Bonchev–Trinajstić information content (AvgIpc) is 3.01.